The molecule has 7 nitrogen and oxygen atoms in total. The third kappa shape index (κ3) is 3.24. The van der Waals surface area contributed by atoms with Gasteiger partial charge in [0.1, 0.15) is 12.1 Å². The van der Waals surface area contributed by atoms with Gasteiger partial charge in [0.2, 0.25) is 0 Å². The average molecular weight is 324 g/mol. The number of rotatable bonds is 5. The van der Waals surface area contributed by atoms with Crippen molar-refractivity contribution in [2.45, 2.75) is 31.4 Å². The third-order valence-corrected chi connectivity index (χ3v) is 4.00. The van der Waals surface area contributed by atoms with Crippen molar-refractivity contribution in [2.24, 2.45) is 0 Å². The molecular weight excluding hydrogens is 306 g/mol. The van der Waals surface area contributed by atoms with Crippen molar-refractivity contribution in [1.82, 2.24) is 24.9 Å². The summed E-state index contributed by atoms with van der Waals surface area (Å²) in [5, 5.41) is 14.1. The number of halogens is 2. The number of carbonyl (C=O) groups excluding carboxylic acids is 1. The van der Waals surface area contributed by atoms with Crippen molar-refractivity contribution in [2.75, 3.05) is 18.4 Å². The second-order valence-electron chi connectivity index (χ2n) is 5.50. The number of aromatic nitrogens is 4. The van der Waals surface area contributed by atoms with E-state index in [1.165, 1.54) is 12.3 Å². The summed E-state index contributed by atoms with van der Waals surface area (Å²) in [4.78, 5) is 12.8. The van der Waals surface area contributed by atoms with Gasteiger partial charge in [-0.2, -0.15) is 10.2 Å². The van der Waals surface area contributed by atoms with Gasteiger partial charge in [0.15, 0.2) is 5.82 Å². The van der Waals surface area contributed by atoms with E-state index in [0.717, 1.165) is 4.68 Å². The van der Waals surface area contributed by atoms with Crippen LogP contribution in [0.3, 0.4) is 0 Å². The molecule has 0 bridgehead atoms. The van der Waals surface area contributed by atoms with Crippen molar-refractivity contribution in [3.8, 4) is 0 Å². The molecule has 0 unspecified atom stereocenters. The molecule has 2 N–H and O–H groups in total. The molecule has 1 saturated heterocycles. The van der Waals surface area contributed by atoms with Crippen LogP contribution < -0.4 is 10.6 Å². The molecule has 1 aliphatic rings. The molecule has 0 aliphatic carbocycles. The number of nitrogens with one attached hydrogen (secondary N) is 2. The number of hydrogen-bond donors (Lipinski definition) is 2. The van der Waals surface area contributed by atoms with Crippen LogP contribution in [0.5, 0.6) is 0 Å². The molecule has 2 aromatic rings. The number of amides is 1. The Kier molecular flexibility index (Phi) is 4.37. The minimum atomic E-state index is -2.49. The van der Waals surface area contributed by atoms with Crippen molar-refractivity contribution >= 4 is 11.7 Å². The number of anilines is 1. The van der Waals surface area contributed by atoms with Crippen molar-refractivity contribution < 1.29 is 13.6 Å². The molecule has 124 valence electrons. The molecule has 0 aromatic carbocycles. The number of nitrogens with zero attached hydrogens (tertiary/aromatic N) is 4. The van der Waals surface area contributed by atoms with Gasteiger partial charge in [-0.3, -0.25) is 14.2 Å². The minimum absolute atomic E-state index is 0.231. The summed E-state index contributed by atoms with van der Waals surface area (Å²) < 4.78 is 27.5. The molecule has 23 heavy (non-hydrogen) atoms. The molecule has 0 spiro atoms. The van der Waals surface area contributed by atoms with Gasteiger partial charge in [-0.15, -0.1) is 0 Å². The number of piperidine rings is 1. The topological polar surface area (TPSA) is 76.8 Å². The second-order valence-corrected chi connectivity index (χ2v) is 5.50. The SMILES string of the molecule is O=C(Nc1ccn(CC(F)F)n1)C1(n2cccn2)CCNCC1. The predicted molar refractivity (Wildman–Crippen MR) is 79.2 cm³/mol. The van der Waals surface area contributed by atoms with Crippen molar-refractivity contribution in [3.63, 3.8) is 0 Å². The Morgan fingerprint density at radius 2 is 2.17 bits per heavy atom. The van der Waals surface area contributed by atoms with Crippen molar-refractivity contribution in [1.29, 1.82) is 0 Å². The van der Waals surface area contributed by atoms with Gasteiger partial charge >= 0.3 is 0 Å². The smallest absolute Gasteiger partial charge is 0.257 e. The fraction of sp³-hybridized carbons (Fsp3) is 0.500. The van der Waals surface area contributed by atoms with Crippen LogP contribution in [0.25, 0.3) is 0 Å². The van der Waals surface area contributed by atoms with Gasteiger partial charge < -0.3 is 10.6 Å². The molecule has 0 saturated carbocycles. The van der Waals surface area contributed by atoms with Crippen LogP contribution >= 0.6 is 0 Å². The Morgan fingerprint density at radius 3 is 2.83 bits per heavy atom. The van der Waals surface area contributed by atoms with Gasteiger partial charge in [0, 0.05) is 24.7 Å². The second kappa shape index (κ2) is 6.45. The molecule has 0 radical (unpaired) electrons. The number of hydrogen-bond acceptors (Lipinski definition) is 4. The first-order valence-corrected chi connectivity index (χ1v) is 7.44. The zero-order chi connectivity index (χ0) is 16.3. The minimum Gasteiger partial charge on any atom is -0.317 e. The molecular formula is C14H18F2N6O. The zero-order valence-corrected chi connectivity index (χ0v) is 12.5. The molecule has 3 rings (SSSR count). The van der Waals surface area contributed by atoms with Crippen LogP contribution in [-0.2, 0) is 16.9 Å². The Bertz CT molecular complexity index is 648. The van der Waals surface area contributed by atoms with Crippen LogP contribution in [0.1, 0.15) is 12.8 Å². The summed E-state index contributed by atoms with van der Waals surface area (Å²) in [6, 6.07) is 3.28. The van der Waals surface area contributed by atoms with E-state index in [4.69, 9.17) is 0 Å². The quantitative estimate of drug-likeness (QED) is 0.862. The van der Waals surface area contributed by atoms with Gasteiger partial charge in [-0.25, -0.2) is 8.78 Å². The summed E-state index contributed by atoms with van der Waals surface area (Å²) in [7, 11) is 0. The van der Waals surface area contributed by atoms with E-state index < -0.39 is 18.5 Å². The molecule has 1 amide bonds. The lowest BCUT2D eigenvalue weighted by Crippen LogP contribution is -2.52. The Balaban J connectivity index is 1.78. The summed E-state index contributed by atoms with van der Waals surface area (Å²) in [6.45, 7) is 0.907. The number of carbonyl (C=O) groups is 1. The Morgan fingerprint density at radius 1 is 1.39 bits per heavy atom. The summed E-state index contributed by atoms with van der Waals surface area (Å²) in [5.41, 5.74) is -0.790. The molecule has 1 fully saturated rings. The molecule has 2 aromatic heterocycles. The van der Waals surface area contributed by atoms with E-state index >= 15 is 0 Å². The standard InChI is InChI=1S/C14H18F2N6O/c15-11(16)10-21-9-2-12(20-21)19-13(23)14(3-6-17-7-4-14)22-8-1-5-18-22/h1-2,5,8-9,11,17H,3-4,6-7,10H2,(H,19,20,23). The lowest BCUT2D eigenvalue weighted by Gasteiger charge is -2.36. The maximum atomic E-state index is 12.8. The van der Waals surface area contributed by atoms with E-state index in [0.29, 0.717) is 25.9 Å². The van der Waals surface area contributed by atoms with Gasteiger partial charge in [0.05, 0.1) is 0 Å². The maximum absolute atomic E-state index is 12.8. The zero-order valence-electron chi connectivity index (χ0n) is 12.5. The lowest BCUT2D eigenvalue weighted by atomic mass is 9.87. The largest absolute Gasteiger partial charge is 0.317 e. The Hall–Kier alpha value is -2.29. The summed E-state index contributed by atoms with van der Waals surface area (Å²) in [6.07, 6.45) is 3.52. The normalized spacial score (nSPS) is 17.3. The van der Waals surface area contributed by atoms with E-state index in [2.05, 4.69) is 20.8 Å². The van der Waals surface area contributed by atoms with Crippen LogP contribution in [0.4, 0.5) is 14.6 Å². The number of alkyl halides is 2. The summed E-state index contributed by atoms with van der Waals surface area (Å²) >= 11 is 0. The first-order chi connectivity index (χ1) is 11.1. The lowest BCUT2D eigenvalue weighted by molar-refractivity contribution is -0.126. The van der Waals surface area contributed by atoms with Gasteiger partial charge in [-0.1, -0.05) is 0 Å². The van der Waals surface area contributed by atoms with Crippen LogP contribution in [0.2, 0.25) is 0 Å². The molecule has 1 aliphatic heterocycles. The third-order valence-electron chi connectivity index (χ3n) is 4.00. The molecule has 3 heterocycles. The predicted octanol–water partition coefficient (Wildman–Crippen LogP) is 1.06. The van der Waals surface area contributed by atoms with Crippen LogP contribution in [-0.4, -0.2) is 45.0 Å². The average Bonchev–Trinajstić information content (AvgIpc) is 3.19. The first-order valence-electron chi connectivity index (χ1n) is 7.44. The van der Waals surface area contributed by atoms with E-state index in [1.807, 2.05) is 0 Å². The maximum Gasteiger partial charge on any atom is 0.257 e. The Labute approximate surface area is 131 Å². The highest BCUT2D eigenvalue weighted by Gasteiger charge is 2.42. The highest BCUT2D eigenvalue weighted by molar-refractivity contribution is 5.96. The van der Waals surface area contributed by atoms with E-state index in [-0.39, 0.29) is 11.7 Å². The van der Waals surface area contributed by atoms with E-state index in [1.54, 1.807) is 23.1 Å². The fourth-order valence-corrected chi connectivity index (χ4v) is 2.83. The van der Waals surface area contributed by atoms with Crippen LogP contribution in [0, 0.1) is 0 Å². The first kappa shape index (κ1) is 15.6. The van der Waals surface area contributed by atoms with Crippen molar-refractivity contribution in [3.05, 3.63) is 30.7 Å². The highest BCUT2D eigenvalue weighted by atomic mass is 19.3. The highest BCUT2D eigenvalue weighted by Crippen LogP contribution is 2.28. The fourth-order valence-electron chi connectivity index (χ4n) is 2.83. The monoisotopic (exact) mass is 324 g/mol. The summed E-state index contributed by atoms with van der Waals surface area (Å²) in [5.74, 6) is 0.0331. The van der Waals surface area contributed by atoms with Gasteiger partial charge in [0.25, 0.3) is 12.3 Å². The molecule has 0 atom stereocenters. The van der Waals surface area contributed by atoms with Crippen LogP contribution in [0.15, 0.2) is 30.7 Å². The molecule has 9 heteroatoms. The van der Waals surface area contributed by atoms with Gasteiger partial charge in [-0.05, 0) is 32.0 Å². The van der Waals surface area contributed by atoms with E-state index in [9.17, 15) is 13.6 Å².